The zero-order chi connectivity index (χ0) is 16.2. The lowest BCUT2D eigenvalue weighted by molar-refractivity contribution is 0.0233. The lowest BCUT2D eigenvalue weighted by Crippen LogP contribution is -2.37. The van der Waals surface area contributed by atoms with E-state index >= 15 is 0 Å². The molecule has 0 N–H and O–H groups in total. The fourth-order valence-corrected chi connectivity index (χ4v) is 2.90. The Morgan fingerprint density at radius 1 is 1.24 bits per heavy atom. The molecular weight excluding hydrogens is 330 g/mol. The summed E-state index contributed by atoms with van der Waals surface area (Å²) in [6.07, 6.45) is 0.666. The Bertz CT molecular complexity index is 483. The highest BCUT2D eigenvalue weighted by Gasteiger charge is 2.22. The van der Waals surface area contributed by atoms with Crippen molar-refractivity contribution in [1.29, 1.82) is 0 Å². The Hall–Kier alpha value is -1.03. The summed E-state index contributed by atoms with van der Waals surface area (Å²) in [6.45, 7) is 13.2. The Morgan fingerprint density at radius 3 is 2.19 bits per heavy atom. The van der Waals surface area contributed by atoms with Gasteiger partial charge in [-0.1, -0.05) is 22.9 Å². The fourth-order valence-electron chi connectivity index (χ4n) is 2.21. The van der Waals surface area contributed by atoms with Crippen molar-refractivity contribution in [3.05, 3.63) is 33.3 Å². The number of rotatable bonds is 4. The summed E-state index contributed by atoms with van der Waals surface area (Å²) in [7, 11) is 0. The summed E-state index contributed by atoms with van der Waals surface area (Å²) in [6, 6.07) is 4.17. The van der Waals surface area contributed by atoms with Crippen molar-refractivity contribution in [2.24, 2.45) is 0 Å². The normalized spacial score (nSPS) is 11.4. The van der Waals surface area contributed by atoms with Gasteiger partial charge < -0.3 is 9.64 Å². The first-order valence-electron chi connectivity index (χ1n) is 7.37. The van der Waals surface area contributed by atoms with Gasteiger partial charge in [-0.3, -0.25) is 0 Å². The summed E-state index contributed by atoms with van der Waals surface area (Å²) in [4.78, 5) is 14.1. The van der Waals surface area contributed by atoms with Crippen molar-refractivity contribution in [3.63, 3.8) is 0 Å². The number of hydrogen-bond acceptors (Lipinski definition) is 2. The van der Waals surface area contributed by atoms with Crippen LogP contribution < -0.4 is 0 Å². The van der Waals surface area contributed by atoms with Gasteiger partial charge in [-0.25, -0.2) is 4.79 Å². The second-order valence-electron chi connectivity index (χ2n) is 6.42. The molecule has 1 aromatic carbocycles. The molecule has 4 heteroatoms. The number of hydrogen-bond donors (Lipinski definition) is 0. The Kier molecular flexibility index (Phi) is 6.26. The topological polar surface area (TPSA) is 29.5 Å². The Balaban J connectivity index is 2.96. The summed E-state index contributed by atoms with van der Waals surface area (Å²) >= 11 is 3.51. The Morgan fingerprint density at radius 2 is 1.76 bits per heavy atom. The second kappa shape index (κ2) is 7.30. The number of amides is 1. The van der Waals surface area contributed by atoms with E-state index in [2.05, 4.69) is 48.8 Å². The molecule has 0 fully saturated rings. The van der Waals surface area contributed by atoms with Crippen LogP contribution in [0.15, 0.2) is 16.6 Å². The fraction of sp³-hybridized carbons (Fsp3) is 0.588. The highest BCUT2D eigenvalue weighted by molar-refractivity contribution is 9.10. The van der Waals surface area contributed by atoms with Gasteiger partial charge in [-0.2, -0.15) is 0 Å². The first-order valence-corrected chi connectivity index (χ1v) is 8.17. The van der Waals surface area contributed by atoms with E-state index in [1.165, 1.54) is 16.7 Å². The van der Waals surface area contributed by atoms with Crippen LogP contribution in [0.1, 0.15) is 50.8 Å². The monoisotopic (exact) mass is 355 g/mol. The average molecular weight is 356 g/mol. The minimum absolute atomic E-state index is 0.244. The van der Waals surface area contributed by atoms with Crippen molar-refractivity contribution in [3.8, 4) is 0 Å². The van der Waals surface area contributed by atoms with E-state index in [9.17, 15) is 4.79 Å². The van der Waals surface area contributed by atoms with Gasteiger partial charge in [0.05, 0.1) is 0 Å². The molecule has 0 saturated carbocycles. The molecule has 1 rings (SSSR count). The van der Waals surface area contributed by atoms with Crippen LogP contribution in [0, 0.1) is 13.8 Å². The smallest absolute Gasteiger partial charge is 0.410 e. The van der Waals surface area contributed by atoms with E-state index in [1.54, 1.807) is 4.90 Å². The third kappa shape index (κ3) is 5.70. The molecule has 0 heterocycles. The molecule has 0 spiro atoms. The molecule has 3 nitrogen and oxygen atoms in total. The van der Waals surface area contributed by atoms with Gasteiger partial charge in [0.25, 0.3) is 0 Å². The minimum atomic E-state index is -0.465. The average Bonchev–Trinajstić information content (AvgIpc) is 2.29. The van der Waals surface area contributed by atoms with Gasteiger partial charge in [0, 0.05) is 17.6 Å². The van der Waals surface area contributed by atoms with E-state index in [-0.39, 0.29) is 6.09 Å². The highest BCUT2D eigenvalue weighted by atomic mass is 79.9. The van der Waals surface area contributed by atoms with Gasteiger partial charge >= 0.3 is 6.09 Å². The third-order valence-electron chi connectivity index (χ3n) is 3.15. The standard InChI is InChI=1S/C17H26BrNO2/c1-7-8-19(16(20)21-17(4,5)6)11-15-12(2)9-14(18)10-13(15)3/h9-10H,7-8,11H2,1-6H3. The number of carbonyl (C=O) groups is 1. The number of ether oxygens (including phenoxy) is 1. The minimum Gasteiger partial charge on any atom is -0.444 e. The molecule has 0 saturated heterocycles. The first-order chi connectivity index (χ1) is 9.64. The van der Waals surface area contributed by atoms with Crippen molar-refractivity contribution < 1.29 is 9.53 Å². The molecule has 21 heavy (non-hydrogen) atoms. The van der Waals surface area contributed by atoms with E-state index in [0.29, 0.717) is 13.1 Å². The lowest BCUT2D eigenvalue weighted by atomic mass is 10.0. The number of aryl methyl sites for hydroxylation is 2. The molecule has 1 amide bonds. The number of halogens is 1. The molecule has 0 aliphatic carbocycles. The molecule has 118 valence electrons. The van der Waals surface area contributed by atoms with Gasteiger partial charge in [0.1, 0.15) is 5.60 Å². The van der Waals surface area contributed by atoms with Crippen LogP contribution in [0.5, 0.6) is 0 Å². The molecule has 0 radical (unpaired) electrons. The van der Waals surface area contributed by atoms with Crippen LogP contribution in [0.4, 0.5) is 4.79 Å². The summed E-state index contributed by atoms with van der Waals surface area (Å²) < 4.78 is 6.58. The van der Waals surface area contributed by atoms with Crippen LogP contribution in [0.2, 0.25) is 0 Å². The molecule has 0 aromatic heterocycles. The predicted octanol–water partition coefficient (Wildman–Crippen LogP) is 5.21. The predicted molar refractivity (Wildman–Crippen MR) is 90.6 cm³/mol. The Labute approximate surface area is 136 Å². The molecule has 0 aliphatic heterocycles. The molecular formula is C17H26BrNO2. The molecule has 0 bridgehead atoms. The number of carbonyl (C=O) groups excluding carboxylic acids is 1. The summed E-state index contributed by atoms with van der Waals surface area (Å²) in [5.74, 6) is 0. The third-order valence-corrected chi connectivity index (χ3v) is 3.61. The molecule has 0 aliphatic rings. The lowest BCUT2D eigenvalue weighted by Gasteiger charge is -2.28. The van der Waals surface area contributed by atoms with Crippen molar-refractivity contribution in [2.75, 3.05) is 6.54 Å². The van der Waals surface area contributed by atoms with Crippen molar-refractivity contribution in [2.45, 2.75) is 60.1 Å². The largest absolute Gasteiger partial charge is 0.444 e. The summed E-state index contributed by atoms with van der Waals surface area (Å²) in [5, 5.41) is 0. The number of benzene rings is 1. The van der Waals surface area contributed by atoms with Crippen LogP contribution in [0.25, 0.3) is 0 Å². The van der Waals surface area contributed by atoms with Crippen LogP contribution in [0.3, 0.4) is 0 Å². The van der Waals surface area contributed by atoms with E-state index in [4.69, 9.17) is 4.74 Å². The summed E-state index contributed by atoms with van der Waals surface area (Å²) in [5.41, 5.74) is 3.10. The quantitative estimate of drug-likeness (QED) is 0.741. The second-order valence-corrected chi connectivity index (χ2v) is 7.34. The van der Waals surface area contributed by atoms with Crippen LogP contribution in [-0.4, -0.2) is 23.1 Å². The van der Waals surface area contributed by atoms with Gasteiger partial charge in [0.15, 0.2) is 0 Å². The number of nitrogens with zero attached hydrogens (tertiary/aromatic N) is 1. The van der Waals surface area contributed by atoms with E-state index < -0.39 is 5.60 Å². The van der Waals surface area contributed by atoms with Gasteiger partial charge in [0.2, 0.25) is 0 Å². The van der Waals surface area contributed by atoms with E-state index in [0.717, 1.165) is 10.9 Å². The van der Waals surface area contributed by atoms with Gasteiger partial charge in [-0.05, 0) is 69.9 Å². The SMILES string of the molecule is CCCN(Cc1c(C)cc(Br)cc1C)C(=O)OC(C)(C)C. The van der Waals surface area contributed by atoms with Crippen LogP contribution in [-0.2, 0) is 11.3 Å². The maximum Gasteiger partial charge on any atom is 0.410 e. The van der Waals surface area contributed by atoms with Crippen molar-refractivity contribution >= 4 is 22.0 Å². The maximum absolute atomic E-state index is 12.3. The zero-order valence-corrected chi connectivity index (χ0v) is 15.5. The van der Waals surface area contributed by atoms with E-state index in [1.807, 2.05) is 20.8 Å². The highest BCUT2D eigenvalue weighted by Crippen LogP contribution is 2.23. The molecule has 0 atom stereocenters. The van der Waals surface area contributed by atoms with Crippen molar-refractivity contribution in [1.82, 2.24) is 4.90 Å². The van der Waals surface area contributed by atoms with Gasteiger partial charge in [-0.15, -0.1) is 0 Å². The maximum atomic E-state index is 12.3. The first kappa shape index (κ1) is 18.0. The molecule has 0 unspecified atom stereocenters. The zero-order valence-electron chi connectivity index (χ0n) is 13.9. The molecule has 1 aromatic rings. The van der Waals surface area contributed by atoms with Crippen LogP contribution >= 0.6 is 15.9 Å².